The van der Waals surface area contributed by atoms with E-state index in [4.69, 9.17) is 14.5 Å². The second kappa shape index (κ2) is 10.5. The van der Waals surface area contributed by atoms with Crippen molar-refractivity contribution >= 4 is 39.9 Å². The van der Waals surface area contributed by atoms with Gasteiger partial charge >= 0.3 is 5.97 Å². The Balaban J connectivity index is 1.26. The van der Waals surface area contributed by atoms with Crippen molar-refractivity contribution in [3.8, 4) is 11.3 Å². The summed E-state index contributed by atoms with van der Waals surface area (Å²) in [5.41, 5.74) is 6.98. The molecular formula is C35H34N4O4. The Labute approximate surface area is 249 Å². The molecule has 3 aromatic heterocycles. The third-order valence-corrected chi connectivity index (χ3v) is 9.26. The number of carbonyl (C=O) groups excluding carboxylic acids is 1. The van der Waals surface area contributed by atoms with Crippen molar-refractivity contribution in [1.82, 2.24) is 19.4 Å². The molecule has 0 bridgehead atoms. The van der Waals surface area contributed by atoms with Crippen LogP contribution in [-0.2, 0) is 24.4 Å². The third-order valence-electron chi connectivity index (χ3n) is 9.26. The van der Waals surface area contributed by atoms with E-state index in [0.29, 0.717) is 24.3 Å². The van der Waals surface area contributed by atoms with Crippen molar-refractivity contribution < 1.29 is 19.1 Å². The lowest BCUT2D eigenvalue weighted by Gasteiger charge is -2.30. The van der Waals surface area contributed by atoms with Gasteiger partial charge in [0.05, 0.1) is 29.3 Å². The number of rotatable bonds is 7. The van der Waals surface area contributed by atoms with E-state index in [9.17, 15) is 9.59 Å². The van der Waals surface area contributed by atoms with Gasteiger partial charge in [-0.1, -0.05) is 37.1 Å². The van der Waals surface area contributed by atoms with E-state index < -0.39 is 11.5 Å². The quantitative estimate of drug-likeness (QED) is 0.160. The van der Waals surface area contributed by atoms with E-state index in [1.807, 2.05) is 48.0 Å². The van der Waals surface area contributed by atoms with Crippen LogP contribution in [0.4, 0.5) is 0 Å². The molecule has 1 amide bonds. The summed E-state index contributed by atoms with van der Waals surface area (Å²) >= 11 is 0. The number of carboxylic acid groups (broad SMARTS) is 1. The maximum atomic E-state index is 14.0. The molecule has 8 heteroatoms. The number of hydrogen-bond acceptors (Lipinski definition) is 4. The maximum Gasteiger partial charge on any atom is 0.328 e. The lowest BCUT2D eigenvalue weighted by Crippen LogP contribution is -2.45. The zero-order valence-corrected chi connectivity index (χ0v) is 24.3. The molecule has 218 valence electrons. The fourth-order valence-corrected chi connectivity index (χ4v) is 7.17. The molecule has 2 N–H and O–H groups in total. The largest absolute Gasteiger partial charge is 0.478 e. The summed E-state index contributed by atoms with van der Waals surface area (Å²) in [7, 11) is 4.02. The minimum absolute atomic E-state index is 0.142. The highest BCUT2D eigenvalue weighted by molar-refractivity contribution is 6.01. The first-order chi connectivity index (χ1) is 20.8. The van der Waals surface area contributed by atoms with Crippen molar-refractivity contribution in [2.24, 2.45) is 14.1 Å². The number of fused-ring (bicyclic) bond motifs is 2. The normalized spacial score (nSPS) is 16.7. The number of aromatic nitrogens is 3. The van der Waals surface area contributed by atoms with Crippen molar-refractivity contribution in [2.75, 3.05) is 0 Å². The molecule has 2 aromatic carbocycles. The molecule has 2 aliphatic carbocycles. The fourth-order valence-electron chi connectivity index (χ4n) is 7.17. The summed E-state index contributed by atoms with van der Waals surface area (Å²) in [5.74, 6) is 0.131. The van der Waals surface area contributed by atoms with Crippen LogP contribution in [0.2, 0.25) is 0 Å². The third kappa shape index (κ3) is 4.58. The molecule has 0 atom stereocenters. The summed E-state index contributed by atoms with van der Waals surface area (Å²) in [6.07, 6.45) is 16.5. The second-order valence-corrected chi connectivity index (χ2v) is 11.9. The lowest BCUT2D eigenvalue weighted by molar-refractivity contribution is -0.131. The van der Waals surface area contributed by atoms with Crippen LogP contribution in [0.15, 0.2) is 77.6 Å². The maximum absolute atomic E-state index is 14.0. The molecule has 43 heavy (non-hydrogen) atoms. The molecule has 1 saturated carbocycles. The molecule has 0 unspecified atom stereocenters. The van der Waals surface area contributed by atoms with Crippen LogP contribution in [0.5, 0.6) is 0 Å². The number of amides is 1. The van der Waals surface area contributed by atoms with Crippen LogP contribution in [-0.4, -0.2) is 31.1 Å². The summed E-state index contributed by atoms with van der Waals surface area (Å²) < 4.78 is 9.68. The van der Waals surface area contributed by atoms with E-state index in [1.165, 1.54) is 42.3 Å². The van der Waals surface area contributed by atoms with Crippen LogP contribution in [0, 0.1) is 0 Å². The highest BCUT2D eigenvalue weighted by Gasteiger charge is 2.39. The molecule has 0 radical (unpaired) electrons. The number of hydrogen-bond donors (Lipinski definition) is 2. The standard InChI is InChI=1S/C35H34N4O4/c1-38-28-20-24(11-12-26(28)31(23-7-3-4-8-23)32(38)25-15-18-43-21-25)33(42)37-35(16-5-6-17-35)34-36-27-13-9-22(10-14-30(40)41)19-29(27)39(34)2/h5-6,9-15,18-21,23H,3-4,7-8,16-17H2,1-2H3,(H,37,42)(H,40,41)/b14-10+. The first kappa shape index (κ1) is 27.0. The number of nitrogens with zero attached hydrogens (tertiary/aromatic N) is 3. The minimum Gasteiger partial charge on any atom is -0.478 e. The smallest absolute Gasteiger partial charge is 0.328 e. The van der Waals surface area contributed by atoms with Gasteiger partial charge in [0.2, 0.25) is 0 Å². The summed E-state index contributed by atoms with van der Waals surface area (Å²) in [5, 5.41) is 13.6. The van der Waals surface area contributed by atoms with Gasteiger partial charge in [-0.2, -0.15) is 0 Å². The van der Waals surface area contributed by atoms with Gasteiger partial charge in [-0.3, -0.25) is 4.79 Å². The molecule has 8 nitrogen and oxygen atoms in total. The Hall–Kier alpha value is -4.85. The average Bonchev–Trinajstić information content (AvgIpc) is 3.84. The predicted octanol–water partition coefficient (Wildman–Crippen LogP) is 7.06. The molecule has 2 aliphatic rings. The molecule has 1 fully saturated rings. The number of aliphatic carboxylic acids is 1. The van der Waals surface area contributed by atoms with Gasteiger partial charge in [0.15, 0.2) is 0 Å². The van der Waals surface area contributed by atoms with Gasteiger partial charge in [0.1, 0.15) is 11.4 Å². The van der Waals surface area contributed by atoms with E-state index in [0.717, 1.165) is 39.6 Å². The second-order valence-electron chi connectivity index (χ2n) is 11.9. The zero-order valence-electron chi connectivity index (χ0n) is 24.3. The summed E-state index contributed by atoms with van der Waals surface area (Å²) in [6, 6.07) is 13.7. The molecule has 0 saturated heterocycles. The van der Waals surface area contributed by atoms with Crippen LogP contribution >= 0.6 is 0 Å². The molecule has 7 rings (SSSR count). The number of benzene rings is 2. The van der Waals surface area contributed by atoms with E-state index in [1.54, 1.807) is 18.6 Å². The minimum atomic E-state index is -0.995. The highest BCUT2D eigenvalue weighted by atomic mass is 16.4. The van der Waals surface area contributed by atoms with E-state index in [2.05, 4.69) is 35.1 Å². The van der Waals surface area contributed by atoms with Gasteiger partial charge in [-0.15, -0.1) is 0 Å². The van der Waals surface area contributed by atoms with Crippen molar-refractivity contribution in [3.05, 3.63) is 95.7 Å². The lowest BCUT2D eigenvalue weighted by atomic mass is 9.92. The predicted molar refractivity (Wildman–Crippen MR) is 167 cm³/mol. The van der Waals surface area contributed by atoms with Crippen LogP contribution < -0.4 is 5.32 Å². The highest BCUT2D eigenvalue weighted by Crippen LogP contribution is 2.45. The van der Waals surface area contributed by atoms with Gasteiger partial charge in [-0.05, 0) is 79.1 Å². The number of aryl methyl sites for hydroxylation is 2. The van der Waals surface area contributed by atoms with Crippen LogP contribution in [0.3, 0.4) is 0 Å². The van der Waals surface area contributed by atoms with E-state index >= 15 is 0 Å². The monoisotopic (exact) mass is 574 g/mol. The number of carboxylic acids is 1. The molecular weight excluding hydrogens is 540 g/mol. The van der Waals surface area contributed by atoms with E-state index in [-0.39, 0.29) is 5.91 Å². The number of furan rings is 1. The van der Waals surface area contributed by atoms with Gasteiger partial charge in [-0.25, -0.2) is 9.78 Å². The Morgan fingerprint density at radius 2 is 1.81 bits per heavy atom. The first-order valence-electron chi connectivity index (χ1n) is 14.8. The summed E-state index contributed by atoms with van der Waals surface area (Å²) in [4.78, 5) is 29.9. The first-order valence-corrected chi connectivity index (χ1v) is 14.8. The Morgan fingerprint density at radius 1 is 1.02 bits per heavy atom. The van der Waals surface area contributed by atoms with Crippen molar-refractivity contribution in [1.29, 1.82) is 0 Å². The Morgan fingerprint density at radius 3 is 2.53 bits per heavy atom. The van der Waals surface area contributed by atoms with Crippen LogP contribution in [0.1, 0.15) is 71.8 Å². The van der Waals surface area contributed by atoms with Gasteiger partial charge in [0.25, 0.3) is 5.91 Å². The molecule has 0 spiro atoms. The molecule has 3 heterocycles. The topological polar surface area (TPSA) is 102 Å². The summed E-state index contributed by atoms with van der Waals surface area (Å²) in [6.45, 7) is 0. The van der Waals surface area contributed by atoms with Gasteiger partial charge in [0, 0.05) is 42.2 Å². The van der Waals surface area contributed by atoms with Crippen LogP contribution in [0.25, 0.3) is 39.3 Å². The number of carbonyl (C=O) groups is 2. The Bertz CT molecular complexity index is 1930. The Kier molecular flexibility index (Phi) is 6.57. The number of imidazole rings is 1. The fraction of sp³-hybridized carbons (Fsp3) is 0.286. The van der Waals surface area contributed by atoms with Gasteiger partial charge < -0.3 is 24.0 Å². The SMILES string of the molecule is Cn1c(C2(NC(=O)c3ccc4c(C5CCCC5)c(-c5ccoc5)n(C)c4c3)CC=CC2)nc2ccc(/C=C/C(=O)O)cc21. The van der Waals surface area contributed by atoms with Crippen molar-refractivity contribution in [3.63, 3.8) is 0 Å². The molecule has 0 aliphatic heterocycles. The molecule has 5 aromatic rings. The zero-order chi connectivity index (χ0) is 29.7. The number of nitrogens with one attached hydrogen (secondary N) is 1. The van der Waals surface area contributed by atoms with Crippen molar-refractivity contribution in [2.45, 2.75) is 50.0 Å². The average molecular weight is 575 g/mol.